The van der Waals surface area contributed by atoms with Crippen molar-refractivity contribution < 1.29 is 4.79 Å². The van der Waals surface area contributed by atoms with Gasteiger partial charge in [0.15, 0.2) is 5.82 Å². The molecular weight excluding hydrogens is 380 g/mol. The van der Waals surface area contributed by atoms with Crippen LogP contribution >= 0.6 is 0 Å². The number of aromatic nitrogens is 4. The summed E-state index contributed by atoms with van der Waals surface area (Å²) in [5, 5.41) is 2.84. The van der Waals surface area contributed by atoms with Crippen molar-refractivity contribution in [1.29, 1.82) is 0 Å². The molecule has 0 unspecified atom stereocenters. The lowest BCUT2D eigenvalue weighted by Crippen LogP contribution is -2.31. The molecule has 3 aromatic heterocycles. The molecule has 0 saturated heterocycles. The lowest BCUT2D eigenvalue weighted by Gasteiger charge is -2.14. The number of carbonyl (C=O) groups is 1. The van der Waals surface area contributed by atoms with Crippen molar-refractivity contribution in [3.63, 3.8) is 0 Å². The quantitative estimate of drug-likeness (QED) is 0.649. The van der Waals surface area contributed by atoms with E-state index in [0.29, 0.717) is 24.5 Å². The van der Waals surface area contributed by atoms with Crippen LogP contribution in [0.2, 0.25) is 0 Å². The first-order chi connectivity index (χ1) is 14.5. The largest absolute Gasteiger partial charge is 0.363 e. The van der Waals surface area contributed by atoms with Crippen molar-refractivity contribution in [2.75, 3.05) is 25.5 Å². The molecule has 30 heavy (non-hydrogen) atoms. The van der Waals surface area contributed by atoms with Crippen LogP contribution in [0.25, 0.3) is 11.5 Å². The third-order valence-corrected chi connectivity index (χ3v) is 5.12. The van der Waals surface area contributed by atoms with Crippen molar-refractivity contribution in [1.82, 2.24) is 25.3 Å². The summed E-state index contributed by atoms with van der Waals surface area (Å²) in [6.45, 7) is 0.362. The Kier molecular flexibility index (Phi) is 5.56. The molecule has 2 N–H and O–H groups in total. The van der Waals surface area contributed by atoms with E-state index in [-0.39, 0.29) is 17.0 Å². The predicted octanol–water partition coefficient (Wildman–Crippen LogP) is 1.75. The highest BCUT2D eigenvalue weighted by molar-refractivity contribution is 5.94. The minimum atomic E-state index is -0.363. The van der Waals surface area contributed by atoms with E-state index in [1.165, 1.54) is 0 Å². The topological polar surface area (TPSA) is 104 Å². The average Bonchev–Trinajstić information content (AvgIpc) is 3.20. The van der Waals surface area contributed by atoms with E-state index in [1.54, 1.807) is 12.3 Å². The molecule has 0 saturated carbocycles. The molecule has 8 nitrogen and oxygen atoms in total. The fourth-order valence-electron chi connectivity index (χ4n) is 3.53. The van der Waals surface area contributed by atoms with Crippen molar-refractivity contribution in [3.05, 3.63) is 69.4 Å². The Morgan fingerprint density at radius 3 is 2.83 bits per heavy atom. The first-order valence-electron chi connectivity index (χ1n) is 10.0. The van der Waals surface area contributed by atoms with Gasteiger partial charge < -0.3 is 15.2 Å². The molecule has 0 spiro atoms. The van der Waals surface area contributed by atoms with Crippen LogP contribution in [0.5, 0.6) is 0 Å². The lowest BCUT2D eigenvalue weighted by molar-refractivity contribution is 0.0952. The van der Waals surface area contributed by atoms with Crippen molar-refractivity contribution >= 4 is 11.7 Å². The maximum absolute atomic E-state index is 12.5. The van der Waals surface area contributed by atoms with Gasteiger partial charge in [0.05, 0.1) is 0 Å². The van der Waals surface area contributed by atoms with Crippen molar-refractivity contribution in [3.8, 4) is 11.5 Å². The number of carbonyl (C=O) groups excluding carboxylic acids is 1. The number of hydrogen-bond acceptors (Lipinski definition) is 6. The molecule has 0 radical (unpaired) electrons. The molecule has 0 fully saturated rings. The van der Waals surface area contributed by atoms with Gasteiger partial charge in [-0.05, 0) is 43.0 Å². The zero-order chi connectivity index (χ0) is 21.1. The Bertz CT molecular complexity index is 1120. The molecule has 1 aliphatic carbocycles. The fraction of sp³-hybridized carbons (Fsp3) is 0.318. The Morgan fingerprint density at radius 1 is 1.20 bits per heavy atom. The molecule has 3 aromatic rings. The molecule has 0 aliphatic heterocycles. The number of rotatable bonds is 6. The van der Waals surface area contributed by atoms with E-state index < -0.39 is 0 Å². The number of fused-ring (bicyclic) bond motifs is 1. The molecule has 0 bridgehead atoms. The second-order valence-corrected chi connectivity index (χ2v) is 7.53. The van der Waals surface area contributed by atoms with E-state index in [1.807, 2.05) is 43.3 Å². The molecule has 4 rings (SSSR count). The maximum atomic E-state index is 12.5. The molecule has 1 aliphatic rings. The highest BCUT2D eigenvalue weighted by Crippen LogP contribution is 2.19. The summed E-state index contributed by atoms with van der Waals surface area (Å²) in [6.07, 6.45) is 4.99. The predicted molar refractivity (Wildman–Crippen MR) is 115 cm³/mol. The van der Waals surface area contributed by atoms with Gasteiger partial charge in [-0.25, -0.2) is 9.97 Å². The zero-order valence-corrected chi connectivity index (χ0v) is 17.1. The van der Waals surface area contributed by atoms with Crippen LogP contribution in [-0.4, -0.2) is 46.5 Å². The first-order valence-corrected chi connectivity index (χ1v) is 10.0. The van der Waals surface area contributed by atoms with E-state index in [9.17, 15) is 9.59 Å². The summed E-state index contributed by atoms with van der Waals surface area (Å²) in [6, 6.07) is 9.21. The van der Waals surface area contributed by atoms with Crippen LogP contribution in [0.3, 0.4) is 0 Å². The number of amides is 1. The van der Waals surface area contributed by atoms with E-state index in [4.69, 9.17) is 0 Å². The van der Waals surface area contributed by atoms with Crippen LogP contribution in [0.1, 0.15) is 33.7 Å². The minimum Gasteiger partial charge on any atom is -0.363 e. The van der Waals surface area contributed by atoms with E-state index >= 15 is 0 Å². The van der Waals surface area contributed by atoms with E-state index in [2.05, 4.69) is 25.3 Å². The van der Waals surface area contributed by atoms with E-state index in [0.717, 1.165) is 42.0 Å². The number of nitrogens with zero attached hydrogens (tertiary/aromatic N) is 4. The Morgan fingerprint density at radius 2 is 2.07 bits per heavy atom. The molecule has 0 aromatic carbocycles. The highest BCUT2D eigenvalue weighted by atomic mass is 16.2. The van der Waals surface area contributed by atoms with Gasteiger partial charge in [0.2, 0.25) is 0 Å². The smallest absolute Gasteiger partial charge is 0.261 e. The molecule has 0 atom stereocenters. The number of nitrogens with one attached hydrogen (secondary N) is 2. The Labute approximate surface area is 174 Å². The molecule has 3 heterocycles. The normalized spacial score (nSPS) is 12.5. The third-order valence-electron chi connectivity index (χ3n) is 5.12. The van der Waals surface area contributed by atoms with Crippen molar-refractivity contribution in [2.45, 2.75) is 25.7 Å². The first kappa shape index (κ1) is 19.8. The van der Waals surface area contributed by atoms with Gasteiger partial charge in [-0.15, -0.1) is 0 Å². The lowest BCUT2D eigenvalue weighted by atomic mass is 10.1. The summed E-state index contributed by atoms with van der Waals surface area (Å²) in [7, 11) is 3.83. The SMILES string of the molecule is CN(C)c1cc(CCNC(=O)c2cc3c([nH]c2=O)CCC3)nc(-c2ccccn2)n1. The van der Waals surface area contributed by atoms with Crippen molar-refractivity contribution in [2.24, 2.45) is 0 Å². The molecular formula is C22H24N6O2. The monoisotopic (exact) mass is 404 g/mol. The average molecular weight is 404 g/mol. The highest BCUT2D eigenvalue weighted by Gasteiger charge is 2.18. The molecule has 1 amide bonds. The summed E-state index contributed by atoms with van der Waals surface area (Å²) in [4.78, 5) is 43.0. The number of H-pyrrole nitrogens is 1. The Hall–Kier alpha value is -3.55. The van der Waals surface area contributed by atoms with Crippen LogP contribution < -0.4 is 15.8 Å². The third kappa shape index (κ3) is 4.22. The van der Waals surface area contributed by atoms with Crippen LogP contribution in [0.15, 0.2) is 41.3 Å². The van der Waals surface area contributed by atoms with Gasteiger partial charge in [-0.1, -0.05) is 6.07 Å². The number of aryl methyl sites for hydroxylation is 2. The van der Waals surface area contributed by atoms with Gasteiger partial charge in [0.1, 0.15) is 17.1 Å². The number of aromatic amines is 1. The number of pyridine rings is 2. The summed E-state index contributed by atoms with van der Waals surface area (Å²) >= 11 is 0. The van der Waals surface area contributed by atoms with Gasteiger partial charge in [0, 0.05) is 50.7 Å². The molecule has 154 valence electrons. The van der Waals surface area contributed by atoms with Crippen LogP contribution in [-0.2, 0) is 19.3 Å². The van der Waals surface area contributed by atoms with Crippen LogP contribution in [0.4, 0.5) is 5.82 Å². The van der Waals surface area contributed by atoms with Gasteiger partial charge in [-0.2, -0.15) is 0 Å². The Balaban J connectivity index is 1.48. The summed E-state index contributed by atoms with van der Waals surface area (Å²) in [5.41, 5.74) is 3.33. The summed E-state index contributed by atoms with van der Waals surface area (Å²) in [5.74, 6) is 0.943. The number of hydrogen-bond donors (Lipinski definition) is 2. The standard InChI is InChI=1S/C22H24N6O2/c1-28(2)19-13-15(25-20(27-19)18-7-3-4-10-23-18)9-11-24-21(29)16-12-14-6-5-8-17(14)26-22(16)30/h3-4,7,10,12-13H,5-6,8-9,11H2,1-2H3,(H,24,29)(H,26,30). The second-order valence-electron chi connectivity index (χ2n) is 7.53. The number of anilines is 1. The van der Waals surface area contributed by atoms with Gasteiger partial charge >= 0.3 is 0 Å². The summed E-state index contributed by atoms with van der Waals surface area (Å²) < 4.78 is 0. The van der Waals surface area contributed by atoms with Crippen LogP contribution in [0, 0.1) is 0 Å². The molecule has 8 heteroatoms. The van der Waals surface area contributed by atoms with Gasteiger partial charge in [0.25, 0.3) is 11.5 Å². The second kappa shape index (κ2) is 8.44. The maximum Gasteiger partial charge on any atom is 0.261 e. The zero-order valence-electron chi connectivity index (χ0n) is 17.1. The fourth-order valence-corrected chi connectivity index (χ4v) is 3.53. The van der Waals surface area contributed by atoms with Gasteiger partial charge in [-0.3, -0.25) is 14.6 Å². The minimum absolute atomic E-state index is 0.168.